The lowest BCUT2D eigenvalue weighted by atomic mass is 10.2. The van der Waals surface area contributed by atoms with Crippen LogP contribution in [0.5, 0.6) is 0 Å². The van der Waals surface area contributed by atoms with Crippen LogP contribution in [0, 0.1) is 6.92 Å². The zero-order valence-electron chi connectivity index (χ0n) is 13.9. The zero-order chi connectivity index (χ0) is 17.6. The van der Waals surface area contributed by atoms with E-state index in [1.165, 1.54) is 5.56 Å². The number of carbonyl (C=O) groups excluding carboxylic acids is 1. The molecule has 25 heavy (non-hydrogen) atoms. The van der Waals surface area contributed by atoms with Crippen LogP contribution in [0.15, 0.2) is 58.3 Å². The molecule has 0 unspecified atom stereocenters. The summed E-state index contributed by atoms with van der Waals surface area (Å²) in [5, 5.41) is 4.78. The van der Waals surface area contributed by atoms with Gasteiger partial charge in [0.05, 0.1) is 12.3 Å². The normalized spacial score (nSPS) is 12.0. The van der Waals surface area contributed by atoms with E-state index in [0.29, 0.717) is 23.8 Å². The molecule has 6 heteroatoms. The summed E-state index contributed by atoms with van der Waals surface area (Å²) >= 11 is 1.59. The Bertz CT molecular complexity index is 851. The first-order valence-electron chi connectivity index (χ1n) is 7.90. The average Bonchev–Trinajstić information content (AvgIpc) is 3.26. The molecule has 1 aromatic carbocycles. The summed E-state index contributed by atoms with van der Waals surface area (Å²) in [4.78, 5) is 13.2. The second-order valence-electron chi connectivity index (χ2n) is 5.74. The molecule has 0 bridgehead atoms. The van der Waals surface area contributed by atoms with E-state index in [0.717, 1.165) is 10.4 Å². The van der Waals surface area contributed by atoms with Crippen LogP contribution in [0.25, 0.3) is 0 Å². The van der Waals surface area contributed by atoms with Gasteiger partial charge in [0.25, 0.3) is 5.91 Å². The fraction of sp³-hybridized carbons (Fsp3) is 0.211. The fourth-order valence-electron chi connectivity index (χ4n) is 2.33. The molecular formula is C19H19NO3S2. The number of thiophene rings is 1. The Labute approximate surface area is 153 Å². The third kappa shape index (κ3) is 5.14. The maximum atomic E-state index is 12.3. The van der Waals surface area contributed by atoms with Gasteiger partial charge in [-0.1, -0.05) is 35.9 Å². The van der Waals surface area contributed by atoms with Gasteiger partial charge in [0, 0.05) is 21.4 Å². The summed E-state index contributed by atoms with van der Waals surface area (Å²) in [7, 11) is -1.08. The van der Waals surface area contributed by atoms with Crippen molar-refractivity contribution in [3.63, 3.8) is 0 Å². The molecule has 0 radical (unpaired) electrons. The van der Waals surface area contributed by atoms with E-state index in [1.54, 1.807) is 23.5 Å². The van der Waals surface area contributed by atoms with Crippen molar-refractivity contribution in [1.29, 1.82) is 0 Å². The molecule has 3 aromatic rings. The lowest BCUT2D eigenvalue weighted by Gasteiger charge is -2.02. The van der Waals surface area contributed by atoms with Crippen LogP contribution < -0.4 is 5.32 Å². The van der Waals surface area contributed by atoms with Gasteiger partial charge in [0.1, 0.15) is 5.76 Å². The molecule has 130 valence electrons. The number of benzene rings is 1. The second-order valence-corrected chi connectivity index (χ2v) is 8.23. The third-order valence-corrected chi connectivity index (χ3v) is 5.78. The van der Waals surface area contributed by atoms with Gasteiger partial charge in [-0.2, -0.15) is 0 Å². The SMILES string of the molecule is Cc1ccc(C[S@@](=O)Cc2ccc(C(=O)NCc3cccs3)o2)cc1. The molecule has 0 aliphatic rings. The fourth-order valence-corrected chi connectivity index (χ4v) is 4.11. The first-order chi connectivity index (χ1) is 12.1. The molecule has 3 rings (SSSR count). The number of hydrogen-bond acceptors (Lipinski definition) is 4. The minimum atomic E-state index is -1.08. The zero-order valence-corrected chi connectivity index (χ0v) is 15.5. The van der Waals surface area contributed by atoms with E-state index < -0.39 is 10.8 Å². The minimum absolute atomic E-state index is 0.249. The maximum absolute atomic E-state index is 12.3. The van der Waals surface area contributed by atoms with Gasteiger partial charge < -0.3 is 9.73 Å². The predicted molar refractivity (Wildman–Crippen MR) is 101 cm³/mol. The Morgan fingerprint density at radius 2 is 1.92 bits per heavy atom. The molecule has 1 amide bonds. The topological polar surface area (TPSA) is 59.3 Å². The highest BCUT2D eigenvalue weighted by molar-refractivity contribution is 7.83. The molecular weight excluding hydrogens is 354 g/mol. The van der Waals surface area contributed by atoms with Crippen molar-refractivity contribution in [1.82, 2.24) is 5.32 Å². The molecule has 4 nitrogen and oxygen atoms in total. The Hall–Kier alpha value is -2.18. The molecule has 2 aromatic heterocycles. The third-order valence-electron chi connectivity index (χ3n) is 3.64. The minimum Gasteiger partial charge on any atom is -0.455 e. The monoisotopic (exact) mass is 373 g/mol. The van der Waals surface area contributed by atoms with Crippen LogP contribution in [-0.2, 0) is 28.9 Å². The lowest BCUT2D eigenvalue weighted by Crippen LogP contribution is -2.21. The second kappa shape index (κ2) is 8.27. The smallest absolute Gasteiger partial charge is 0.287 e. The van der Waals surface area contributed by atoms with Crippen molar-refractivity contribution in [2.75, 3.05) is 0 Å². The summed E-state index contributed by atoms with van der Waals surface area (Å²) in [5.41, 5.74) is 2.21. The Morgan fingerprint density at radius 3 is 2.64 bits per heavy atom. The van der Waals surface area contributed by atoms with E-state index in [9.17, 15) is 9.00 Å². The molecule has 0 aliphatic carbocycles. The van der Waals surface area contributed by atoms with Crippen molar-refractivity contribution < 1.29 is 13.4 Å². The van der Waals surface area contributed by atoms with Crippen LogP contribution in [0.2, 0.25) is 0 Å². The molecule has 0 saturated heterocycles. The Kier molecular flexibility index (Phi) is 5.83. The van der Waals surface area contributed by atoms with Crippen LogP contribution in [0.3, 0.4) is 0 Å². The maximum Gasteiger partial charge on any atom is 0.287 e. The summed E-state index contributed by atoms with van der Waals surface area (Å²) in [6.45, 7) is 2.50. The van der Waals surface area contributed by atoms with Crippen molar-refractivity contribution in [3.8, 4) is 0 Å². The van der Waals surface area contributed by atoms with Gasteiger partial charge in [0.15, 0.2) is 5.76 Å². The molecule has 1 N–H and O–H groups in total. The highest BCUT2D eigenvalue weighted by Crippen LogP contribution is 2.14. The standard InChI is InChI=1S/C19H19NO3S2/c1-14-4-6-15(7-5-14)12-25(22)13-16-8-9-18(23-16)19(21)20-11-17-3-2-10-24-17/h2-10H,11-13H2,1H3,(H,20,21)/t25-/m1/s1. The van der Waals surface area contributed by atoms with Crippen molar-refractivity contribution in [2.45, 2.75) is 25.0 Å². The van der Waals surface area contributed by atoms with Gasteiger partial charge in [-0.3, -0.25) is 9.00 Å². The quantitative estimate of drug-likeness (QED) is 0.680. The number of amides is 1. The number of nitrogens with one attached hydrogen (secondary N) is 1. The molecule has 0 fully saturated rings. The van der Waals surface area contributed by atoms with Crippen molar-refractivity contribution >= 4 is 28.0 Å². The highest BCUT2D eigenvalue weighted by atomic mass is 32.2. The number of carbonyl (C=O) groups is 1. The summed E-state index contributed by atoms with van der Waals surface area (Å²) in [5.74, 6) is 1.32. The molecule has 0 spiro atoms. The van der Waals surface area contributed by atoms with E-state index in [2.05, 4.69) is 5.32 Å². The molecule has 0 saturated carbocycles. The van der Waals surface area contributed by atoms with Gasteiger partial charge >= 0.3 is 0 Å². The van der Waals surface area contributed by atoms with E-state index in [1.807, 2.05) is 48.7 Å². The summed E-state index contributed by atoms with van der Waals surface area (Å²) in [6, 6.07) is 15.2. The number of hydrogen-bond donors (Lipinski definition) is 1. The van der Waals surface area contributed by atoms with Crippen LogP contribution >= 0.6 is 11.3 Å². The van der Waals surface area contributed by atoms with Gasteiger partial charge in [-0.25, -0.2) is 0 Å². The van der Waals surface area contributed by atoms with Crippen molar-refractivity contribution in [2.24, 2.45) is 0 Å². The first-order valence-corrected chi connectivity index (χ1v) is 10.3. The number of rotatable bonds is 7. The lowest BCUT2D eigenvalue weighted by molar-refractivity contribution is 0.0922. The molecule has 0 aliphatic heterocycles. The molecule has 2 heterocycles. The van der Waals surface area contributed by atoms with E-state index in [4.69, 9.17) is 4.42 Å². The summed E-state index contributed by atoms with van der Waals surface area (Å²) < 4.78 is 17.8. The van der Waals surface area contributed by atoms with Crippen molar-refractivity contribution in [3.05, 3.63) is 81.4 Å². The number of aryl methyl sites for hydroxylation is 1. The van der Waals surface area contributed by atoms with Crippen LogP contribution in [-0.4, -0.2) is 10.1 Å². The Balaban J connectivity index is 1.52. The Morgan fingerprint density at radius 1 is 1.12 bits per heavy atom. The van der Waals surface area contributed by atoms with Crippen LogP contribution in [0.4, 0.5) is 0 Å². The van der Waals surface area contributed by atoms with Gasteiger partial charge in [0.2, 0.25) is 0 Å². The van der Waals surface area contributed by atoms with E-state index >= 15 is 0 Å². The largest absolute Gasteiger partial charge is 0.455 e. The summed E-state index contributed by atoms with van der Waals surface area (Å²) in [6.07, 6.45) is 0. The van der Waals surface area contributed by atoms with E-state index in [-0.39, 0.29) is 11.7 Å². The average molecular weight is 373 g/mol. The van der Waals surface area contributed by atoms with Crippen LogP contribution in [0.1, 0.15) is 32.3 Å². The number of furan rings is 1. The predicted octanol–water partition coefficient (Wildman–Crippen LogP) is 4.03. The first kappa shape index (κ1) is 17.6. The molecule has 1 atom stereocenters. The highest BCUT2D eigenvalue weighted by Gasteiger charge is 2.13. The van der Waals surface area contributed by atoms with Gasteiger partial charge in [-0.15, -0.1) is 11.3 Å². The van der Waals surface area contributed by atoms with Gasteiger partial charge in [-0.05, 0) is 36.1 Å².